The lowest BCUT2D eigenvalue weighted by Crippen LogP contribution is -2.24. The van der Waals surface area contributed by atoms with Gasteiger partial charge in [-0.3, -0.25) is 4.79 Å². The van der Waals surface area contributed by atoms with Crippen LogP contribution in [0.2, 0.25) is 0 Å². The Morgan fingerprint density at radius 3 is 2.94 bits per heavy atom. The summed E-state index contributed by atoms with van der Waals surface area (Å²) in [5.74, 6) is 1.35. The van der Waals surface area contributed by atoms with Gasteiger partial charge in [0.1, 0.15) is 18.1 Å². The van der Waals surface area contributed by atoms with Crippen LogP contribution >= 0.6 is 0 Å². The van der Waals surface area contributed by atoms with Crippen LogP contribution in [0.25, 0.3) is 6.08 Å². The van der Waals surface area contributed by atoms with Gasteiger partial charge < -0.3 is 9.73 Å². The molecule has 0 bridgehead atoms. The van der Waals surface area contributed by atoms with Crippen molar-refractivity contribution in [2.45, 2.75) is 13.5 Å². The van der Waals surface area contributed by atoms with E-state index in [0.717, 1.165) is 11.5 Å². The number of nitrogens with one attached hydrogen (secondary N) is 2. The molecule has 1 amide bonds. The first-order valence-corrected chi connectivity index (χ1v) is 5.72. The van der Waals surface area contributed by atoms with E-state index in [-0.39, 0.29) is 5.91 Å². The number of rotatable bonds is 4. The molecule has 2 heterocycles. The second kappa shape index (κ2) is 5.82. The van der Waals surface area contributed by atoms with E-state index in [9.17, 15) is 4.79 Å². The largest absolute Gasteiger partial charge is 0.462 e. The van der Waals surface area contributed by atoms with Crippen molar-refractivity contribution in [2.24, 2.45) is 0 Å². The molecule has 2 rings (SSSR count). The van der Waals surface area contributed by atoms with E-state index in [1.54, 1.807) is 6.08 Å². The maximum Gasteiger partial charge on any atom is 0.244 e. The number of hydrogen-bond donors (Lipinski definition) is 1. The van der Waals surface area contributed by atoms with E-state index < -0.39 is 0 Å². The summed E-state index contributed by atoms with van der Waals surface area (Å²) in [6.45, 7) is 2.34. The molecule has 0 unspecified atom stereocenters. The van der Waals surface area contributed by atoms with Gasteiger partial charge >= 0.3 is 0 Å². The molecule has 0 spiro atoms. The fourth-order valence-corrected chi connectivity index (χ4v) is 1.48. The first-order chi connectivity index (χ1) is 8.74. The second-order valence-electron chi connectivity index (χ2n) is 3.89. The molecule has 0 saturated heterocycles. The van der Waals surface area contributed by atoms with Crippen LogP contribution in [0.4, 0.5) is 0 Å². The van der Waals surface area contributed by atoms with Gasteiger partial charge in [0.05, 0.1) is 0 Å². The summed E-state index contributed by atoms with van der Waals surface area (Å²) in [5.41, 5.74) is 0.952. The van der Waals surface area contributed by atoms with Crippen LogP contribution in [0.3, 0.4) is 0 Å². The average molecular weight is 243 g/mol. The van der Waals surface area contributed by atoms with Crippen molar-refractivity contribution in [1.29, 1.82) is 0 Å². The fourth-order valence-electron chi connectivity index (χ4n) is 1.48. The Labute approximate surface area is 105 Å². The van der Waals surface area contributed by atoms with E-state index in [1.807, 2.05) is 43.5 Å². The van der Waals surface area contributed by atoms with Crippen LogP contribution in [0.1, 0.15) is 17.2 Å². The van der Waals surface area contributed by atoms with Crippen molar-refractivity contribution in [2.75, 3.05) is 0 Å². The number of carbonyl (C=O) groups excluding carboxylic acids is 1. The lowest BCUT2D eigenvalue weighted by molar-refractivity contribution is -0.390. The van der Waals surface area contributed by atoms with Crippen LogP contribution in [0, 0.1) is 6.92 Å². The average Bonchev–Trinajstić information content (AvgIpc) is 2.81. The van der Waals surface area contributed by atoms with Crippen molar-refractivity contribution in [3.63, 3.8) is 0 Å². The van der Waals surface area contributed by atoms with Gasteiger partial charge in [-0.1, -0.05) is 6.07 Å². The molecule has 0 fully saturated rings. The third kappa shape index (κ3) is 3.59. The van der Waals surface area contributed by atoms with Crippen molar-refractivity contribution in [1.82, 2.24) is 5.32 Å². The predicted molar refractivity (Wildman–Crippen MR) is 67.3 cm³/mol. The summed E-state index contributed by atoms with van der Waals surface area (Å²) >= 11 is 0. The van der Waals surface area contributed by atoms with Gasteiger partial charge in [-0.15, -0.1) is 0 Å². The molecule has 0 aromatic carbocycles. The quantitative estimate of drug-likeness (QED) is 0.831. The topological polar surface area (TPSA) is 56.4 Å². The molecule has 2 N–H and O–H groups in total. The molecule has 0 saturated carbocycles. The summed E-state index contributed by atoms with van der Waals surface area (Å²) in [6, 6.07) is 9.41. The number of hydrogen-bond acceptors (Lipinski definition) is 2. The highest BCUT2D eigenvalue weighted by atomic mass is 16.3. The molecule has 4 heteroatoms. The lowest BCUT2D eigenvalue weighted by atomic mass is 10.3. The van der Waals surface area contributed by atoms with Crippen LogP contribution in [0.5, 0.6) is 0 Å². The molecule has 0 aliphatic rings. The molecule has 2 aromatic heterocycles. The maximum atomic E-state index is 11.5. The second-order valence-corrected chi connectivity index (χ2v) is 3.89. The van der Waals surface area contributed by atoms with Gasteiger partial charge in [-0.05, 0) is 25.1 Å². The normalized spacial score (nSPS) is 10.7. The van der Waals surface area contributed by atoms with Gasteiger partial charge in [-0.25, -0.2) is 4.98 Å². The van der Waals surface area contributed by atoms with Crippen LogP contribution in [-0.2, 0) is 11.3 Å². The maximum absolute atomic E-state index is 11.5. The molecule has 0 aliphatic carbocycles. The molecule has 18 heavy (non-hydrogen) atoms. The molecule has 0 aliphatic heterocycles. The number of pyridine rings is 1. The zero-order valence-corrected chi connectivity index (χ0v) is 10.1. The molecule has 0 radical (unpaired) electrons. The predicted octanol–water partition coefficient (Wildman–Crippen LogP) is 1.73. The summed E-state index contributed by atoms with van der Waals surface area (Å²) in [5, 5.41) is 2.78. The highest BCUT2D eigenvalue weighted by Crippen LogP contribution is 2.07. The number of carbonyl (C=O) groups is 1. The zero-order chi connectivity index (χ0) is 12.8. The third-order valence-corrected chi connectivity index (χ3v) is 2.39. The number of furan rings is 1. The standard InChI is InChI=1S/C14H14N2O2/c1-11-5-6-13(18-11)7-8-14(17)16-10-12-4-2-3-9-15-12/h2-9H,10H2,1H3,(H,16,17)/p+1. The van der Waals surface area contributed by atoms with E-state index in [1.165, 1.54) is 6.08 Å². The monoisotopic (exact) mass is 243 g/mol. The van der Waals surface area contributed by atoms with Gasteiger partial charge in [-0.2, -0.15) is 0 Å². The van der Waals surface area contributed by atoms with Crippen molar-refractivity contribution >= 4 is 12.0 Å². The van der Waals surface area contributed by atoms with Crippen LogP contribution < -0.4 is 10.3 Å². The number of aromatic amines is 1. The van der Waals surface area contributed by atoms with Gasteiger partial charge in [0.25, 0.3) is 0 Å². The highest BCUT2D eigenvalue weighted by molar-refractivity contribution is 5.91. The van der Waals surface area contributed by atoms with Gasteiger partial charge in [0, 0.05) is 18.2 Å². The SMILES string of the molecule is Cc1ccc(C=CC(=O)NCc2cccc[nH+]2)o1. The highest BCUT2D eigenvalue weighted by Gasteiger charge is 2.01. The van der Waals surface area contributed by atoms with E-state index in [2.05, 4.69) is 10.3 Å². The number of amides is 1. The van der Waals surface area contributed by atoms with E-state index in [0.29, 0.717) is 12.3 Å². The molecule has 4 nitrogen and oxygen atoms in total. The lowest BCUT2D eigenvalue weighted by Gasteiger charge is -1.96. The van der Waals surface area contributed by atoms with Crippen molar-refractivity contribution in [3.05, 3.63) is 59.8 Å². The number of aryl methyl sites for hydroxylation is 1. The molecular formula is C14H15N2O2+. The number of H-pyrrole nitrogens is 1. The first-order valence-electron chi connectivity index (χ1n) is 5.72. The van der Waals surface area contributed by atoms with Crippen molar-refractivity contribution < 1.29 is 14.2 Å². The Hall–Kier alpha value is -2.36. The molecule has 92 valence electrons. The Morgan fingerprint density at radius 2 is 2.28 bits per heavy atom. The summed E-state index contributed by atoms with van der Waals surface area (Å²) in [4.78, 5) is 14.6. The zero-order valence-electron chi connectivity index (χ0n) is 10.1. The van der Waals surface area contributed by atoms with Crippen molar-refractivity contribution in [3.8, 4) is 0 Å². The van der Waals surface area contributed by atoms with Crippen LogP contribution in [-0.4, -0.2) is 5.91 Å². The minimum atomic E-state index is -0.152. The molecule has 2 aromatic rings. The third-order valence-electron chi connectivity index (χ3n) is 2.39. The van der Waals surface area contributed by atoms with Gasteiger partial charge in [0.2, 0.25) is 5.91 Å². The minimum absolute atomic E-state index is 0.152. The fraction of sp³-hybridized carbons (Fsp3) is 0.143. The van der Waals surface area contributed by atoms with Crippen LogP contribution in [0.15, 0.2) is 47.0 Å². The Kier molecular flexibility index (Phi) is 3.91. The van der Waals surface area contributed by atoms with Gasteiger partial charge in [0.15, 0.2) is 11.9 Å². The Bertz CT molecular complexity index is 544. The minimum Gasteiger partial charge on any atom is -0.462 e. The van der Waals surface area contributed by atoms with E-state index >= 15 is 0 Å². The first kappa shape index (κ1) is 12.1. The number of aromatic nitrogens is 1. The Balaban J connectivity index is 1.84. The smallest absolute Gasteiger partial charge is 0.244 e. The summed E-state index contributed by atoms with van der Waals surface area (Å²) < 4.78 is 5.32. The Morgan fingerprint density at radius 1 is 1.39 bits per heavy atom. The summed E-state index contributed by atoms with van der Waals surface area (Å²) in [7, 11) is 0. The van der Waals surface area contributed by atoms with E-state index in [4.69, 9.17) is 4.42 Å². The molecule has 0 atom stereocenters. The summed E-state index contributed by atoms with van der Waals surface area (Å²) in [6.07, 6.45) is 4.93. The molecular weight excluding hydrogens is 228 g/mol.